The number of benzene rings is 2. The number of piperidine rings is 1. The maximum atomic E-state index is 13.4. The van der Waals surface area contributed by atoms with Crippen LogP contribution in [0.4, 0.5) is 0 Å². The molecule has 2 N–H and O–H groups in total. The van der Waals surface area contributed by atoms with Crippen LogP contribution < -0.4 is 14.8 Å². The van der Waals surface area contributed by atoms with Crippen LogP contribution in [0.5, 0.6) is 11.5 Å². The van der Waals surface area contributed by atoms with Gasteiger partial charge in [0.2, 0.25) is 10.0 Å². The van der Waals surface area contributed by atoms with E-state index in [0.717, 1.165) is 11.3 Å². The lowest BCUT2D eigenvalue weighted by molar-refractivity contribution is 0.297. The molecule has 1 aromatic heterocycles. The van der Waals surface area contributed by atoms with E-state index in [4.69, 9.17) is 33.0 Å². The molecule has 0 radical (unpaired) electrons. The molecule has 36 heavy (non-hydrogen) atoms. The monoisotopic (exact) mass is 544 g/mol. The molecule has 8 nitrogen and oxygen atoms in total. The van der Waals surface area contributed by atoms with Crippen LogP contribution in [-0.4, -0.2) is 37.6 Å². The van der Waals surface area contributed by atoms with Crippen molar-refractivity contribution in [1.82, 2.24) is 14.9 Å². The summed E-state index contributed by atoms with van der Waals surface area (Å²) in [5.74, 6) is 1.31. The molecule has 1 fully saturated rings. The Kier molecular flexibility index (Phi) is 8.16. The third-order valence-corrected chi connectivity index (χ3v) is 7.87. The van der Waals surface area contributed by atoms with Gasteiger partial charge in [0.25, 0.3) is 0 Å². The van der Waals surface area contributed by atoms with Crippen molar-refractivity contribution in [3.8, 4) is 17.6 Å². The number of furan rings is 1. The van der Waals surface area contributed by atoms with Gasteiger partial charge >= 0.3 is 0 Å². The number of thiocarbonyl (C=S) groups is 1. The molecule has 11 heteroatoms. The van der Waals surface area contributed by atoms with Gasteiger partial charge in [0, 0.05) is 24.2 Å². The molecule has 3 aromatic rings. The SMILES string of the molecule is Cc1cc(Cl)cc(Oc2ccc(C#N)cc2S(=O)(=O)NC2CCN(C(=S)NCc3ccco3)CC2)c1. The smallest absolute Gasteiger partial charge is 0.244 e. The average molecular weight is 545 g/mol. The summed E-state index contributed by atoms with van der Waals surface area (Å²) in [6, 6.07) is 14.8. The Hall–Kier alpha value is -3.10. The van der Waals surface area contributed by atoms with E-state index < -0.39 is 10.0 Å². The largest absolute Gasteiger partial charge is 0.467 e. The van der Waals surface area contributed by atoms with Gasteiger partial charge in [-0.2, -0.15) is 5.26 Å². The number of ether oxygens (including phenoxy) is 1. The second kappa shape index (κ2) is 11.3. The Labute approximate surface area is 220 Å². The van der Waals surface area contributed by atoms with Gasteiger partial charge in [-0.25, -0.2) is 13.1 Å². The molecule has 0 aliphatic carbocycles. The lowest BCUT2D eigenvalue weighted by Crippen LogP contribution is -2.49. The van der Waals surface area contributed by atoms with Crippen LogP contribution in [0.15, 0.2) is 64.1 Å². The molecule has 188 valence electrons. The minimum Gasteiger partial charge on any atom is -0.467 e. The van der Waals surface area contributed by atoms with Gasteiger partial charge in [-0.3, -0.25) is 0 Å². The van der Waals surface area contributed by atoms with Crippen LogP contribution in [0.2, 0.25) is 5.02 Å². The van der Waals surface area contributed by atoms with E-state index in [1.54, 1.807) is 24.5 Å². The van der Waals surface area contributed by atoms with Crippen molar-refractivity contribution in [1.29, 1.82) is 5.26 Å². The van der Waals surface area contributed by atoms with E-state index in [1.807, 2.05) is 30.0 Å². The topological polar surface area (TPSA) is 108 Å². The first kappa shape index (κ1) is 26.0. The van der Waals surface area contributed by atoms with Crippen molar-refractivity contribution in [2.75, 3.05) is 13.1 Å². The van der Waals surface area contributed by atoms with Gasteiger partial charge in [-0.1, -0.05) is 11.6 Å². The Morgan fingerprint density at radius 2 is 2.03 bits per heavy atom. The van der Waals surface area contributed by atoms with Crippen molar-refractivity contribution in [2.24, 2.45) is 0 Å². The summed E-state index contributed by atoms with van der Waals surface area (Å²) in [5.41, 5.74) is 1.09. The highest BCUT2D eigenvalue weighted by atomic mass is 35.5. The first-order valence-corrected chi connectivity index (χ1v) is 13.6. The molecular weight excluding hydrogens is 520 g/mol. The Bertz CT molecular complexity index is 1360. The van der Waals surface area contributed by atoms with Gasteiger partial charge < -0.3 is 19.4 Å². The molecule has 1 aliphatic rings. The lowest BCUT2D eigenvalue weighted by Gasteiger charge is -2.34. The van der Waals surface area contributed by atoms with E-state index in [1.165, 1.54) is 18.2 Å². The summed E-state index contributed by atoms with van der Waals surface area (Å²) in [7, 11) is -3.98. The van der Waals surface area contributed by atoms with Crippen LogP contribution in [0.3, 0.4) is 0 Å². The van der Waals surface area contributed by atoms with Crippen molar-refractivity contribution in [2.45, 2.75) is 37.2 Å². The number of nitrogens with zero attached hydrogens (tertiary/aromatic N) is 2. The predicted octanol–water partition coefficient (Wildman–Crippen LogP) is 4.72. The number of nitrogens with one attached hydrogen (secondary N) is 2. The van der Waals surface area contributed by atoms with Crippen LogP contribution in [-0.2, 0) is 16.6 Å². The van der Waals surface area contributed by atoms with E-state index in [0.29, 0.717) is 48.4 Å². The Balaban J connectivity index is 1.43. The fourth-order valence-electron chi connectivity index (χ4n) is 3.93. The molecule has 0 bridgehead atoms. The van der Waals surface area contributed by atoms with Crippen molar-refractivity contribution in [3.63, 3.8) is 0 Å². The molecule has 0 amide bonds. The van der Waals surface area contributed by atoms with Gasteiger partial charge in [0.1, 0.15) is 22.2 Å². The molecule has 4 rings (SSSR count). The highest BCUT2D eigenvalue weighted by molar-refractivity contribution is 7.89. The second-order valence-electron chi connectivity index (χ2n) is 8.46. The number of nitriles is 1. The number of halogens is 1. The highest BCUT2D eigenvalue weighted by Crippen LogP contribution is 2.32. The number of aryl methyl sites for hydroxylation is 1. The quantitative estimate of drug-likeness (QED) is 0.411. The molecule has 0 saturated carbocycles. The normalized spacial score (nSPS) is 14.3. The van der Waals surface area contributed by atoms with E-state index in [2.05, 4.69) is 10.0 Å². The molecule has 1 aliphatic heterocycles. The highest BCUT2D eigenvalue weighted by Gasteiger charge is 2.28. The molecule has 0 unspecified atom stereocenters. The molecule has 1 saturated heterocycles. The number of rotatable bonds is 7. The van der Waals surface area contributed by atoms with Crippen molar-refractivity contribution in [3.05, 3.63) is 76.7 Å². The first-order valence-electron chi connectivity index (χ1n) is 11.3. The summed E-state index contributed by atoms with van der Waals surface area (Å²) < 4.78 is 40.7. The zero-order valence-electron chi connectivity index (χ0n) is 19.5. The summed E-state index contributed by atoms with van der Waals surface area (Å²) in [6.07, 6.45) is 2.75. The fraction of sp³-hybridized carbons (Fsp3) is 0.280. The summed E-state index contributed by atoms with van der Waals surface area (Å²) >= 11 is 11.6. The molecule has 0 atom stereocenters. The van der Waals surface area contributed by atoms with E-state index in [9.17, 15) is 13.7 Å². The Morgan fingerprint density at radius 1 is 1.25 bits per heavy atom. The molecule has 2 aromatic carbocycles. The zero-order chi connectivity index (χ0) is 25.7. The number of likely N-dealkylation sites (tertiary alicyclic amines) is 1. The van der Waals surface area contributed by atoms with Gasteiger partial charge in [0.15, 0.2) is 5.11 Å². The Morgan fingerprint density at radius 3 is 2.69 bits per heavy atom. The predicted molar refractivity (Wildman–Crippen MR) is 140 cm³/mol. The van der Waals surface area contributed by atoms with E-state index >= 15 is 0 Å². The number of sulfonamides is 1. The maximum Gasteiger partial charge on any atom is 0.244 e. The number of hydrogen-bond acceptors (Lipinski definition) is 6. The minimum absolute atomic E-state index is 0.0998. The second-order valence-corrected chi connectivity index (χ2v) is 11.0. The third kappa shape index (κ3) is 6.56. The molecule has 2 heterocycles. The van der Waals surface area contributed by atoms with Gasteiger partial charge in [-0.15, -0.1) is 0 Å². The fourth-order valence-corrected chi connectivity index (χ4v) is 5.92. The van der Waals surface area contributed by atoms with Crippen LogP contribution in [0, 0.1) is 18.3 Å². The lowest BCUT2D eigenvalue weighted by atomic mass is 10.1. The summed E-state index contributed by atoms with van der Waals surface area (Å²) in [5, 5.41) is 13.6. The maximum absolute atomic E-state index is 13.4. The average Bonchev–Trinajstić information content (AvgIpc) is 3.36. The first-order chi connectivity index (χ1) is 17.2. The summed E-state index contributed by atoms with van der Waals surface area (Å²) in [6.45, 7) is 3.55. The molecule has 0 spiro atoms. The van der Waals surface area contributed by atoms with Crippen LogP contribution in [0.25, 0.3) is 0 Å². The van der Waals surface area contributed by atoms with Gasteiger partial charge in [0.05, 0.1) is 24.4 Å². The zero-order valence-corrected chi connectivity index (χ0v) is 21.9. The molecular formula is C25H25ClN4O4S2. The van der Waals surface area contributed by atoms with Gasteiger partial charge in [-0.05, 0) is 86.1 Å². The van der Waals surface area contributed by atoms with Crippen LogP contribution in [0.1, 0.15) is 29.7 Å². The number of hydrogen-bond donors (Lipinski definition) is 2. The van der Waals surface area contributed by atoms with Crippen LogP contribution >= 0.6 is 23.8 Å². The summed E-state index contributed by atoms with van der Waals surface area (Å²) in [4.78, 5) is 1.91. The standard InChI is InChI=1S/C25H25ClN4O4S2/c1-17-11-19(26)14-22(12-17)34-23-5-4-18(15-27)13-24(23)36(31,32)29-20-6-8-30(9-7-20)25(35)28-16-21-3-2-10-33-21/h2-5,10-14,20,29H,6-9,16H2,1H3,(H,28,35). The third-order valence-electron chi connectivity index (χ3n) is 5.70. The van der Waals surface area contributed by atoms with E-state index in [-0.39, 0.29) is 22.3 Å². The minimum atomic E-state index is -3.98. The van der Waals surface area contributed by atoms with Crippen molar-refractivity contribution < 1.29 is 17.6 Å². The van der Waals surface area contributed by atoms with Crippen molar-refractivity contribution >= 4 is 39.0 Å².